The van der Waals surface area contributed by atoms with Gasteiger partial charge in [0.1, 0.15) is 5.75 Å². The average Bonchev–Trinajstić information content (AvgIpc) is 2.59. The molecule has 0 atom stereocenters. The van der Waals surface area contributed by atoms with Gasteiger partial charge in [0.2, 0.25) is 5.91 Å². The summed E-state index contributed by atoms with van der Waals surface area (Å²) < 4.78 is 5.45. The predicted molar refractivity (Wildman–Crippen MR) is 94.6 cm³/mol. The van der Waals surface area contributed by atoms with Gasteiger partial charge in [-0.15, -0.1) is 0 Å². The Morgan fingerprint density at radius 3 is 2.21 bits per heavy atom. The summed E-state index contributed by atoms with van der Waals surface area (Å²) in [7, 11) is 1.66. The van der Waals surface area contributed by atoms with Gasteiger partial charge >= 0.3 is 0 Å². The molecule has 1 heterocycles. The maximum atomic E-state index is 12.9. The van der Waals surface area contributed by atoms with Crippen molar-refractivity contribution < 1.29 is 14.3 Å². The van der Waals surface area contributed by atoms with E-state index in [1.54, 1.807) is 7.11 Å². The number of amides is 2. The molecule has 0 aromatic heterocycles. The van der Waals surface area contributed by atoms with E-state index in [2.05, 4.69) is 13.8 Å². The minimum Gasteiger partial charge on any atom is -0.496 e. The molecule has 0 radical (unpaired) electrons. The highest BCUT2D eigenvalue weighted by Gasteiger charge is 2.26. The smallest absolute Gasteiger partial charge is 0.254 e. The number of hydrogen-bond donors (Lipinski definition) is 0. The molecule has 5 nitrogen and oxygen atoms in total. The highest BCUT2D eigenvalue weighted by Crippen LogP contribution is 2.30. The van der Waals surface area contributed by atoms with Gasteiger partial charge in [-0.05, 0) is 36.1 Å². The predicted octanol–water partition coefficient (Wildman–Crippen LogP) is 2.82. The summed E-state index contributed by atoms with van der Waals surface area (Å²) >= 11 is 0. The third-order valence-electron chi connectivity index (χ3n) is 4.65. The van der Waals surface area contributed by atoms with Crippen LogP contribution in [0, 0.1) is 6.92 Å². The lowest BCUT2D eigenvalue weighted by Gasteiger charge is -2.35. The molecule has 0 unspecified atom stereocenters. The van der Waals surface area contributed by atoms with E-state index in [4.69, 9.17) is 4.74 Å². The number of rotatable bonds is 4. The number of hydrogen-bond acceptors (Lipinski definition) is 3. The number of ether oxygens (including phenoxy) is 1. The van der Waals surface area contributed by atoms with Crippen molar-refractivity contribution in [2.45, 2.75) is 40.0 Å². The van der Waals surface area contributed by atoms with Gasteiger partial charge in [-0.3, -0.25) is 9.59 Å². The standard InChI is InChI=1S/C19H28N2O3/c1-6-18(22)20-7-9-21(10-8-20)19(23)16-12-15(13(2)3)17(24-5)11-14(16)4/h11-13H,6-10H2,1-5H3. The van der Waals surface area contributed by atoms with Gasteiger partial charge in [0, 0.05) is 38.2 Å². The molecular weight excluding hydrogens is 304 g/mol. The molecule has 5 heteroatoms. The first kappa shape index (κ1) is 18.3. The van der Waals surface area contributed by atoms with Crippen LogP contribution in [-0.2, 0) is 4.79 Å². The van der Waals surface area contributed by atoms with E-state index in [-0.39, 0.29) is 17.7 Å². The van der Waals surface area contributed by atoms with Gasteiger partial charge in [-0.2, -0.15) is 0 Å². The van der Waals surface area contributed by atoms with Crippen LogP contribution in [0.2, 0.25) is 0 Å². The van der Waals surface area contributed by atoms with Crippen molar-refractivity contribution in [2.75, 3.05) is 33.3 Å². The molecule has 2 rings (SSSR count). The molecule has 0 N–H and O–H groups in total. The molecule has 0 bridgehead atoms. The molecule has 1 aliphatic rings. The SMILES string of the molecule is CCC(=O)N1CCN(C(=O)c2cc(C(C)C)c(OC)cc2C)CC1. The second-order valence-corrected chi connectivity index (χ2v) is 6.59. The van der Waals surface area contributed by atoms with Crippen molar-refractivity contribution in [3.8, 4) is 5.75 Å². The van der Waals surface area contributed by atoms with E-state index >= 15 is 0 Å². The Bertz CT molecular complexity index is 617. The third kappa shape index (κ3) is 3.71. The third-order valence-corrected chi connectivity index (χ3v) is 4.65. The zero-order valence-electron chi connectivity index (χ0n) is 15.4. The molecule has 1 aromatic rings. The molecule has 2 amide bonds. The molecule has 1 saturated heterocycles. The van der Waals surface area contributed by atoms with E-state index in [1.165, 1.54) is 0 Å². The Labute approximate surface area is 144 Å². The first-order valence-electron chi connectivity index (χ1n) is 8.64. The molecule has 0 aliphatic carbocycles. The molecular formula is C19H28N2O3. The van der Waals surface area contributed by atoms with Crippen LogP contribution in [-0.4, -0.2) is 54.9 Å². The van der Waals surface area contributed by atoms with E-state index < -0.39 is 0 Å². The van der Waals surface area contributed by atoms with Crippen LogP contribution in [0.4, 0.5) is 0 Å². The zero-order valence-corrected chi connectivity index (χ0v) is 15.4. The van der Waals surface area contributed by atoms with Crippen LogP contribution in [0.15, 0.2) is 12.1 Å². The van der Waals surface area contributed by atoms with E-state index in [9.17, 15) is 9.59 Å². The Hall–Kier alpha value is -2.04. The van der Waals surface area contributed by atoms with Crippen LogP contribution < -0.4 is 4.74 Å². The lowest BCUT2D eigenvalue weighted by atomic mass is 9.95. The topological polar surface area (TPSA) is 49.9 Å². The number of benzene rings is 1. The van der Waals surface area contributed by atoms with Crippen molar-refractivity contribution in [1.29, 1.82) is 0 Å². The summed E-state index contributed by atoms with van der Waals surface area (Å²) in [5, 5.41) is 0. The quantitative estimate of drug-likeness (QED) is 0.852. The Kier molecular flexibility index (Phi) is 5.86. The molecule has 1 aromatic carbocycles. The molecule has 132 valence electrons. The normalized spacial score (nSPS) is 14.9. The van der Waals surface area contributed by atoms with Crippen molar-refractivity contribution in [1.82, 2.24) is 9.80 Å². The van der Waals surface area contributed by atoms with E-state index in [0.29, 0.717) is 32.6 Å². The number of carbonyl (C=O) groups excluding carboxylic acids is 2. The summed E-state index contributed by atoms with van der Waals surface area (Å²) in [5.41, 5.74) is 2.70. The number of aryl methyl sites for hydroxylation is 1. The zero-order chi connectivity index (χ0) is 17.9. The minimum atomic E-state index is 0.0423. The van der Waals surface area contributed by atoms with Crippen LogP contribution >= 0.6 is 0 Å². The summed E-state index contributed by atoms with van der Waals surface area (Å²) in [4.78, 5) is 28.4. The maximum Gasteiger partial charge on any atom is 0.254 e. The lowest BCUT2D eigenvalue weighted by Crippen LogP contribution is -2.50. The Morgan fingerprint density at radius 2 is 1.71 bits per heavy atom. The fourth-order valence-electron chi connectivity index (χ4n) is 3.11. The van der Waals surface area contributed by atoms with Gasteiger partial charge < -0.3 is 14.5 Å². The highest BCUT2D eigenvalue weighted by molar-refractivity contribution is 5.96. The molecule has 1 aliphatic heterocycles. The summed E-state index contributed by atoms with van der Waals surface area (Å²) in [6.45, 7) is 10.4. The summed E-state index contributed by atoms with van der Waals surface area (Å²) in [6.07, 6.45) is 0.517. The van der Waals surface area contributed by atoms with Gasteiger partial charge in [0.05, 0.1) is 7.11 Å². The van der Waals surface area contributed by atoms with Gasteiger partial charge in [-0.25, -0.2) is 0 Å². The molecule has 24 heavy (non-hydrogen) atoms. The van der Waals surface area contributed by atoms with Crippen molar-refractivity contribution >= 4 is 11.8 Å². The Morgan fingerprint density at radius 1 is 1.12 bits per heavy atom. The second kappa shape index (κ2) is 7.69. The number of methoxy groups -OCH3 is 1. The monoisotopic (exact) mass is 332 g/mol. The van der Waals surface area contributed by atoms with Crippen molar-refractivity contribution in [3.63, 3.8) is 0 Å². The number of carbonyl (C=O) groups is 2. The van der Waals surface area contributed by atoms with E-state index in [1.807, 2.05) is 35.8 Å². The van der Waals surface area contributed by atoms with E-state index in [0.717, 1.165) is 22.4 Å². The minimum absolute atomic E-state index is 0.0423. The number of nitrogens with zero attached hydrogens (tertiary/aromatic N) is 2. The largest absolute Gasteiger partial charge is 0.496 e. The molecule has 0 saturated carbocycles. The first-order chi connectivity index (χ1) is 11.4. The van der Waals surface area contributed by atoms with Gasteiger partial charge in [-0.1, -0.05) is 20.8 Å². The van der Waals surface area contributed by atoms with Gasteiger partial charge in [0.25, 0.3) is 5.91 Å². The maximum absolute atomic E-state index is 12.9. The molecule has 1 fully saturated rings. The van der Waals surface area contributed by atoms with Crippen LogP contribution in [0.5, 0.6) is 5.75 Å². The highest BCUT2D eigenvalue weighted by atomic mass is 16.5. The fourth-order valence-corrected chi connectivity index (χ4v) is 3.11. The lowest BCUT2D eigenvalue weighted by molar-refractivity contribution is -0.132. The van der Waals surface area contributed by atoms with Crippen molar-refractivity contribution in [2.24, 2.45) is 0 Å². The van der Waals surface area contributed by atoms with Crippen LogP contribution in [0.25, 0.3) is 0 Å². The van der Waals surface area contributed by atoms with Gasteiger partial charge in [0.15, 0.2) is 0 Å². The first-order valence-corrected chi connectivity index (χ1v) is 8.64. The van der Waals surface area contributed by atoms with Crippen LogP contribution in [0.3, 0.4) is 0 Å². The van der Waals surface area contributed by atoms with Crippen LogP contribution in [0.1, 0.15) is 54.6 Å². The summed E-state index contributed by atoms with van der Waals surface area (Å²) in [6, 6.07) is 3.91. The molecule has 0 spiro atoms. The number of piperazine rings is 1. The average molecular weight is 332 g/mol. The summed E-state index contributed by atoms with van der Waals surface area (Å²) in [5.74, 6) is 1.31. The Balaban J connectivity index is 2.19. The fraction of sp³-hybridized carbons (Fsp3) is 0.579. The van der Waals surface area contributed by atoms with Crippen molar-refractivity contribution in [3.05, 3.63) is 28.8 Å². The second-order valence-electron chi connectivity index (χ2n) is 6.59.